The van der Waals surface area contributed by atoms with Crippen molar-refractivity contribution in [2.75, 3.05) is 44.3 Å². The molecule has 1 aliphatic rings. The lowest BCUT2D eigenvalue weighted by atomic mass is 10.2. The minimum atomic E-state index is -3.19. The average molecular weight is 312 g/mol. The molecular formula is C13H20N4O3S. The predicted molar refractivity (Wildman–Crippen MR) is 80.7 cm³/mol. The SMILES string of the molecule is CCNc1ccncc1C(=O)N1CCN(S(C)(=O)=O)CC1. The van der Waals surface area contributed by atoms with E-state index < -0.39 is 10.0 Å². The second-order valence-electron chi connectivity index (χ2n) is 4.91. The van der Waals surface area contributed by atoms with Crippen LogP contribution in [-0.4, -0.2) is 67.5 Å². The Bertz CT molecular complexity index is 610. The van der Waals surface area contributed by atoms with Crippen LogP contribution in [0.1, 0.15) is 17.3 Å². The highest BCUT2D eigenvalue weighted by Gasteiger charge is 2.27. The number of piperazine rings is 1. The number of aromatic nitrogens is 1. The van der Waals surface area contributed by atoms with E-state index in [2.05, 4.69) is 10.3 Å². The van der Waals surface area contributed by atoms with Crippen LogP contribution in [0.3, 0.4) is 0 Å². The highest BCUT2D eigenvalue weighted by molar-refractivity contribution is 7.88. The first-order chi connectivity index (χ1) is 9.93. The van der Waals surface area contributed by atoms with Crippen molar-refractivity contribution in [3.63, 3.8) is 0 Å². The van der Waals surface area contributed by atoms with Gasteiger partial charge in [-0.25, -0.2) is 8.42 Å². The lowest BCUT2D eigenvalue weighted by Gasteiger charge is -2.33. The van der Waals surface area contributed by atoms with Crippen molar-refractivity contribution in [3.05, 3.63) is 24.0 Å². The van der Waals surface area contributed by atoms with Gasteiger partial charge in [-0.2, -0.15) is 4.31 Å². The third-order valence-electron chi connectivity index (χ3n) is 3.41. The molecular weight excluding hydrogens is 292 g/mol. The maximum absolute atomic E-state index is 12.5. The van der Waals surface area contributed by atoms with Crippen LogP contribution in [0, 0.1) is 0 Å². The van der Waals surface area contributed by atoms with Crippen LogP contribution in [0.2, 0.25) is 0 Å². The van der Waals surface area contributed by atoms with E-state index in [0.717, 1.165) is 5.69 Å². The number of amides is 1. The van der Waals surface area contributed by atoms with Gasteiger partial charge in [0, 0.05) is 45.1 Å². The smallest absolute Gasteiger partial charge is 0.257 e. The number of carbonyl (C=O) groups is 1. The van der Waals surface area contributed by atoms with Gasteiger partial charge in [-0.1, -0.05) is 0 Å². The first kappa shape index (κ1) is 15.7. The summed E-state index contributed by atoms with van der Waals surface area (Å²) in [6.45, 7) is 4.13. The molecule has 0 aliphatic carbocycles. The second-order valence-corrected chi connectivity index (χ2v) is 6.89. The fraction of sp³-hybridized carbons (Fsp3) is 0.538. The van der Waals surface area contributed by atoms with Crippen molar-refractivity contribution < 1.29 is 13.2 Å². The number of nitrogens with zero attached hydrogens (tertiary/aromatic N) is 3. The average Bonchev–Trinajstić information content (AvgIpc) is 2.47. The molecule has 1 saturated heterocycles. The lowest BCUT2D eigenvalue weighted by Crippen LogP contribution is -2.50. The van der Waals surface area contributed by atoms with Gasteiger partial charge in [-0.3, -0.25) is 9.78 Å². The zero-order valence-corrected chi connectivity index (χ0v) is 13.1. The zero-order valence-electron chi connectivity index (χ0n) is 12.2. The number of nitrogens with one attached hydrogen (secondary N) is 1. The minimum Gasteiger partial charge on any atom is -0.385 e. The first-order valence-electron chi connectivity index (χ1n) is 6.85. The Morgan fingerprint density at radius 1 is 1.33 bits per heavy atom. The lowest BCUT2D eigenvalue weighted by molar-refractivity contribution is 0.0699. The Labute approximate surface area is 125 Å². The molecule has 1 aliphatic heterocycles. The number of hydrogen-bond acceptors (Lipinski definition) is 5. The summed E-state index contributed by atoms with van der Waals surface area (Å²) in [6.07, 6.45) is 4.37. The van der Waals surface area contributed by atoms with Crippen LogP contribution in [0.5, 0.6) is 0 Å². The van der Waals surface area contributed by atoms with Gasteiger partial charge in [0.2, 0.25) is 10.0 Å². The van der Waals surface area contributed by atoms with Crippen molar-refractivity contribution in [2.24, 2.45) is 0 Å². The van der Waals surface area contributed by atoms with Crippen LogP contribution in [-0.2, 0) is 10.0 Å². The summed E-state index contributed by atoms with van der Waals surface area (Å²) in [6, 6.07) is 1.77. The molecule has 116 valence electrons. The number of pyridine rings is 1. The number of rotatable bonds is 4. The molecule has 0 spiro atoms. The van der Waals surface area contributed by atoms with Crippen LogP contribution >= 0.6 is 0 Å². The molecule has 1 aromatic heterocycles. The summed E-state index contributed by atoms with van der Waals surface area (Å²) in [5, 5.41) is 3.14. The highest BCUT2D eigenvalue weighted by atomic mass is 32.2. The molecule has 1 N–H and O–H groups in total. The molecule has 1 aromatic rings. The van der Waals surface area contributed by atoms with Crippen molar-refractivity contribution in [2.45, 2.75) is 6.92 Å². The Kier molecular flexibility index (Phi) is 4.79. The summed E-state index contributed by atoms with van der Waals surface area (Å²) in [5.74, 6) is -0.118. The third-order valence-corrected chi connectivity index (χ3v) is 4.72. The molecule has 7 nitrogen and oxygen atoms in total. The van der Waals surface area contributed by atoms with E-state index in [9.17, 15) is 13.2 Å². The molecule has 0 saturated carbocycles. The number of sulfonamides is 1. The first-order valence-corrected chi connectivity index (χ1v) is 8.70. The molecule has 21 heavy (non-hydrogen) atoms. The van der Waals surface area contributed by atoms with Gasteiger partial charge >= 0.3 is 0 Å². The van der Waals surface area contributed by atoms with Crippen molar-refractivity contribution in [1.82, 2.24) is 14.2 Å². The predicted octanol–water partition coefficient (Wildman–Crippen LogP) is 0.231. The summed E-state index contributed by atoms with van der Waals surface area (Å²) in [4.78, 5) is 18.2. The molecule has 1 fully saturated rings. The zero-order chi connectivity index (χ0) is 15.5. The monoisotopic (exact) mass is 312 g/mol. The summed E-state index contributed by atoms with van der Waals surface area (Å²) >= 11 is 0. The molecule has 0 atom stereocenters. The van der Waals surface area contributed by atoms with Gasteiger partial charge in [0.15, 0.2) is 0 Å². The van der Waals surface area contributed by atoms with E-state index in [0.29, 0.717) is 38.3 Å². The standard InChI is InChI=1S/C13H20N4O3S/c1-3-15-12-4-5-14-10-11(12)13(18)16-6-8-17(9-7-16)21(2,19)20/h4-5,10H,3,6-9H2,1-2H3,(H,14,15). The van der Waals surface area contributed by atoms with Gasteiger partial charge in [-0.15, -0.1) is 0 Å². The Morgan fingerprint density at radius 2 is 2.00 bits per heavy atom. The molecule has 0 radical (unpaired) electrons. The highest BCUT2D eigenvalue weighted by Crippen LogP contribution is 2.17. The van der Waals surface area contributed by atoms with E-state index >= 15 is 0 Å². The number of carbonyl (C=O) groups excluding carboxylic acids is 1. The summed E-state index contributed by atoms with van der Waals surface area (Å²) in [7, 11) is -3.19. The maximum Gasteiger partial charge on any atom is 0.257 e. The second kappa shape index (κ2) is 6.40. The van der Waals surface area contributed by atoms with Crippen molar-refractivity contribution >= 4 is 21.6 Å². The van der Waals surface area contributed by atoms with E-state index in [-0.39, 0.29) is 5.91 Å². The third kappa shape index (κ3) is 3.70. The van der Waals surface area contributed by atoms with Crippen LogP contribution < -0.4 is 5.32 Å². The molecule has 2 heterocycles. The van der Waals surface area contributed by atoms with Crippen LogP contribution in [0.4, 0.5) is 5.69 Å². The normalized spacial score (nSPS) is 16.8. The maximum atomic E-state index is 12.5. The summed E-state index contributed by atoms with van der Waals surface area (Å²) in [5.41, 5.74) is 1.27. The molecule has 8 heteroatoms. The van der Waals surface area contributed by atoms with Crippen molar-refractivity contribution in [1.29, 1.82) is 0 Å². The van der Waals surface area contributed by atoms with Crippen LogP contribution in [0.25, 0.3) is 0 Å². The molecule has 0 bridgehead atoms. The Hall–Kier alpha value is -1.67. The van der Waals surface area contributed by atoms with Crippen LogP contribution in [0.15, 0.2) is 18.5 Å². The van der Waals surface area contributed by atoms with E-state index in [1.54, 1.807) is 23.4 Å². The largest absolute Gasteiger partial charge is 0.385 e. The van der Waals surface area contributed by atoms with Gasteiger partial charge < -0.3 is 10.2 Å². The fourth-order valence-corrected chi connectivity index (χ4v) is 3.13. The van der Waals surface area contributed by atoms with E-state index in [4.69, 9.17) is 0 Å². The van der Waals surface area contributed by atoms with Gasteiger partial charge in [-0.05, 0) is 13.0 Å². The fourth-order valence-electron chi connectivity index (χ4n) is 2.30. The number of hydrogen-bond donors (Lipinski definition) is 1. The van der Waals surface area contributed by atoms with Gasteiger partial charge in [0.25, 0.3) is 5.91 Å². The van der Waals surface area contributed by atoms with E-state index in [1.807, 2.05) is 6.92 Å². The quantitative estimate of drug-likeness (QED) is 0.860. The molecule has 2 rings (SSSR count). The molecule has 0 unspecified atom stereocenters. The Balaban J connectivity index is 2.09. The van der Waals surface area contributed by atoms with E-state index in [1.165, 1.54) is 10.6 Å². The molecule has 0 aromatic carbocycles. The number of anilines is 1. The topological polar surface area (TPSA) is 82.6 Å². The van der Waals surface area contributed by atoms with Gasteiger partial charge in [0.05, 0.1) is 17.5 Å². The summed E-state index contributed by atoms with van der Waals surface area (Å²) < 4.78 is 24.3. The molecule has 1 amide bonds. The Morgan fingerprint density at radius 3 is 2.57 bits per heavy atom. The minimum absolute atomic E-state index is 0.118. The van der Waals surface area contributed by atoms with Gasteiger partial charge in [0.1, 0.15) is 0 Å². The van der Waals surface area contributed by atoms with Crippen molar-refractivity contribution in [3.8, 4) is 0 Å².